The molecule has 1 aliphatic carbocycles. The first kappa shape index (κ1) is 23.3. The molecule has 9 heteroatoms. The quantitative estimate of drug-likeness (QED) is 0.399. The van der Waals surface area contributed by atoms with Crippen LogP contribution in [-0.2, 0) is 4.74 Å². The van der Waals surface area contributed by atoms with Crippen LogP contribution >= 0.6 is 0 Å². The highest BCUT2D eigenvalue weighted by atomic mass is 16.6. The van der Waals surface area contributed by atoms with E-state index in [1.807, 2.05) is 85.0 Å². The van der Waals surface area contributed by atoms with Gasteiger partial charge in [0.25, 0.3) is 0 Å². The molecule has 3 unspecified atom stereocenters. The largest absolute Gasteiger partial charge is 0.457 e. The first-order chi connectivity index (χ1) is 17.8. The summed E-state index contributed by atoms with van der Waals surface area (Å²) in [5.41, 5.74) is 8.03. The molecule has 2 bridgehead atoms. The van der Waals surface area contributed by atoms with E-state index in [1.165, 1.54) is 6.33 Å². The minimum absolute atomic E-state index is 0.0141. The van der Waals surface area contributed by atoms with Crippen LogP contribution in [0.25, 0.3) is 22.3 Å². The predicted octanol–water partition coefficient (Wildman–Crippen LogP) is 5.44. The monoisotopic (exact) mass is 498 g/mol. The van der Waals surface area contributed by atoms with Crippen molar-refractivity contribution in [3.05, 3.63) is 60.9 Å². The summed E-state index contributed by atoms with van der Waals surface area (Å²) in [5, 5.41) is 5.74. The van der Waals surface area contributed by atoms with E-state index in [9.17, 15) is 4.79 Å². The van der Waals surface area contributed by atoms with Crippen molar-refractivity contribution in [1.29, 1.82) is 0 Å². The van der Waals surface area contributed by atoms with Gasteiger partial charge in [-0.25, -0.2) is 19.4 Å². The van der Waals surface area contributed by atoms with Gasteiger partial charge in [-0.05, 0) is 63.8 Å². The Morgan fingerprint density at radius 2 is 1.76 bits per heavy atom. The van der Waals surface area contributed by atoms with Crippen molar-refractivity contribution in [3.63, 3.8) is 0 Å². The van der Waals surface area contributed by atoms with Crippen molar-refractivity contribution in [1.82, 2.24) is 24.6 Å². The van der Waals surface area contributed by atoms with Crippen LogP contribution in [-0.4, -0.2) is 48.9 Å². The summed E-state index contributed by atoms with van der Waals surface area (Å²) >= 11 is 0. The molecule has 3 atom stereocenters. The van der Waals surface area contributed by atoms with E-state index in [1.54, 1.807) is 0 Å². The van der Waals surface area contributed by atoms with Gasteiger partial charge in [-0.2, -0.15) is 5.10 Å². The van der Waals surface area contributed by atoms with Gasteiger partial charge in [-0.15, -0.1) is 0 Å². The Morgan fingerprint density at radius 3 is 2.51 bits per heavy atom. The lowest BCUT2D eigenvalue weighted by Crippen LogP contribution is -2.45. The number of aromatic nitrogens is 4. The Balaban J connectivity index is 1.37. The molecule has 1 aliphatic heterocycles. The number of ether oxygens (including phenoxy) is 2. The Labute approximate surface area is 215 Å². The van der Waals surface area contributed by atoms with Crippen LogP contribution in [0, 0.1) is 5.92 Å². The number of hydrogen-bond acceptors (Lipinski definition) is 7. The van der Waals surface area contributed by atoms with Crippen molar-refractivity contribution in [2.24, 2.45) is 5.92 Å². The molecule has 2 aromatic carbocycles. The van der Waals surface area contributed by atoms with Crippen molar-refractivity contribution in [2.45, 2.75) is 51.3 Å². The molecule has 1 saturated carbocycles. The van der Waals surface area contributed by atoms with Gasteiger partial charge in [0.1, 0.15) is 34.9 Å². The van der Waals surface area contributed by atoms with Gasteiger partial charge in [0.15, 0.2) is 5.65 Å². The van der Waals surface area contributed by atoms with E-state index in [4.69, 9.17) is 20.3 Å². The van der Waals surface area contributed by atoms with Crippen LogP contribution in [0.1, 0.15) is 39.7 Å². The minimum Gasteiger partial charge on any atom is -0.457 e. The third-order valence-corrected chi connectivity index (χ3v) is 7.00. The summed E-state index contributed by atoms with van der Waals surface area (Å²) in [4.78, 5) is 23.7. The number of nitrogen functional groups attached to an aromatic ring is 1. The summed E-state index contributed by atoms with van der Waals surface area (Å²) in [6.07, 6.45) is 3.03. The molecule has 2 aromatic heterocycles. The predicted molar refractivity (Wildman–Crippen MR) is 140 cm³/mol. The van der Waals surface area contributed by atoms with Crippen LogP contribution < -0.4 is 10.5 Å². The van der Waals surface area contributed by atoms with E-state index >= 15 is 0 Å². The smallest absolute Gasteiger partial charge is 0.410 e. The summed E-state index contributed by atoms with van der Waals surface area (Å²) in [6.45, 7) is 6.37. The van der Waals surface area contributed by atoms with Crippen molar-refractivity contribution < 1.29 is 14.3 Å². The zero-order chi connectivity index (χ0) is 25.7. The number of para-hydroxylation sites is 1. The number of fused-ring (bicyclic) bond motifs is 3. The Bertz CT molecular complexity index is 1460. The van der Waals surface area contributed by atoms with Crippen molar-refractivity contribution in [3.8, 4) is 22.8 Å². The number of anilines is 1. The number of benzene rings is 2. The summed E-state index contributed by atoms with van der Waals surface area (Å²) in [5.74, 6) is 2.21. The highest BCUT2D eigenvalue weighted by Crippen LogP contribution is 2.46. The number of carbonyl (C=O) groups is 1. The first-order valence-corrected chi connectivity index (χ1v) is 12.6. The number of hydrogen-bond donors (Lipinski definition) is 1. The second kappa shape index (κ2) is 8.76. The zero-order valence-corrected chi connectivity index (χ0v) is 21.2. The number of amides is 1. The van der Waals surface area contributed by atoms with Gasteiger partial charge < -0.3 is 20.1 Å². The van der Waals surface area contributed by atoms with Crippen LogP contribution in [0.4, 0.5) is 10.6 Å². The number of nitrogens with two attached hydrogens (primary N) is 1. The lowest BCUT2D eigenvalue weighted by Gasteiger charge is -2.34. The number of rotatable bonds is 4. The lowest BCUT2D eigenvalue weighted by molar-refractivity contribution is 0.0135. The highest BCUT2D eigenvalue weighted by Gasteiger charge is 2.49. The summed E-state index contributed by atoms with van der Waals surface area (Å²) < 4.78 is 13.7. The molecular formula is C28H30N6O3. The molecule has 0 radical (unpaired) electrons. The lowest BCUT2D eigenvalue weighted by atomic mass is 10.1. The molecule has 2 aliphatic rings. The normalized spacial score (nSPS) is 20.9. The Morgan fingerprint density at radius 1 is 1.00 bits per heavy atom. The molecular weight excluding hydrogens is 468 g/mol. The summed E-state index contributed by atoms with van der Waals surface area (Å²) in [6, 6.07) is 17.4. The molecule has 1 amide bonds. The molecule has 37 heavy (non-hydrogen) atoms. The summed E-state index contributed by atoms with van der Waals surface area (Å²) in [7, 11) is 0. The molecule has 9 nitrogen and oxygen atoms in total. The van der Waals surface area contributed by atoms with E-state index in [0.29, 0.717) is 40.8 Å². The fourth-order valence-corrected chi connectivity index (χ4v) is 5.54. The highest BCUT2D eigenvalue weighted by molar-refractivity contribution is 5.98. The number of likely N-dealkylation sites (tertiary alicyclic amines) is 1. The average Bonchev–Trinajstić information content (AvgIpc) is 3.57. The van der Waals surface area contributed by atoms with E-state index < -0.39 is 5.60 Å². The number of piperidine rings is 1. The maximum atomic E-state index is 13.0. The minimum atomic E-state index is -0.547. The maximum absolute atomic E-state index is 13.0. The van der Waals surface area contributed by atoms with Crippen LogP contribution in [0.5, 0.6) is 11.5 Å². The topological polar surface area (TPSA) is 108 Å². The number of carbonyl (C=O) groups excluding carboxylic acids is 1. The third-order valence-electron chi connectivity index (χ3n) is 7.00. The average molecular weight is 499 g/mol. The van der Waals surface area contributed by atoms with Gasteiger partial charge in [0.2, 0.25) is 0 Å². The van der Waals surface area contributed by atoms with Crippen LogP contribution in [0.2, 0.25) is 0 Å². The Kier molecular flexibility index (Phi) is 5.51. The maximum Gasteiger partial charge on any atom is 0.410 e. The molecule has 4 aromatic rings. The van der Waals surface area contributed by atoms with Crippen molar-refractivity contribution >= 4 is 22.9 Å². The fraction of sp³-hybridized carbons (Fsp3) is 0.357. The molecule has 2 fully saturated rings. The molecule has 2 N–H and O–H groups in total. The standard InChI is InChI=1S/C28H30N6O3/c1-28(2,3)37-27(35)33-15-17-12-21(33)22(13-17)34-26-23(25(29)30-16-31-26)24(32-34)18-8-7-11-20(14-18)36-19-9-5-4-6-10-19/h4-11,14,16-17,21-22H,12-13,15H2,1-3H3,(H2,29,30,31). The van der Waals surface area contributed by atoms with E-state index in [-0.39, 0.29) is 18.2 Å². The third kappa shape index (κ3) is 4.34. The molecule has 6 rings (SSSR count). The van der Waals surface area contributed by atoms with Crippen LogP contribution in [0.15, 0.2) is 60.9 Å². The van der Waals surface area contributed by atoms with Gasteiger partial charge in [-0.1, -0.05) is 30.3 Å². The van der Waals surface area contributed by atoms with E-state index in [2.05, 4.69) is 9.97 Å². The second-order valence-corrected chi connectivity index (χ2v) is 10.8. The second-order valence-electron chi connectivity index (χ2n) is 10.8. The molecule has 1 saturated heterocycles. The van der Waals surface area contributed by atoms with Gasteiger partial charge in [0, 0.05) is 12.1 Å². The zero-order valence-electron chi connectivity index (χ0n) is 21.2. The van der Waals surface area contributed by atoms with Gasteiger partial charge >= 0.3 is 6.09 Å². The molecule has 3 heterocycles. The van der Waals surface area contributed by atoms with Crippen LogP contribution in [0.3, 0.4) is 0 Å². The van der Waals surface area contributed by atoms with Crippen molar-refractivity contribution in [2.75, 3.05) is 12.3 Å². The fourth-order valence-electron chi connectivity index (χ4n) is 5.54. The van der Waals surface area contributed by atoms with Gasteiger partial charge in [-0.3, -0.25) is 0 Å². The molecule has 190 valence electrons. The number of nitrogens with zero attached hydrogens (tertiary/aromatic N) is 5. The first-order valence-electron chi connectivity index (χ1n) is 12.6. The van der Waals surface area contributed by atoms with Gasteiger partial charge in [0.05, 0.1) is 17.5 Å². The van der Waals surface area contributed by atoms with E-state index in [0.717, 1.165) is 24.2 Å². The Hall–Kier alpha value is -4.14. The SMILES string of the molecule is CC(C)(C)OC(=O)N1CC2CC1C(n1nc(-c3cccc(Oc4ccccc4)c3)c3c(N)ncnc31)C2. The molecule has 0 spiro atoms.